The zero-order valence-electron chi connectivity index (χ0n) is 9.74. The lowest BCUT2D eigenvalue weighted by Gasteiger charge is -1.92. The fourth-order valence-electron chi connectivity index (χ4n) is 1.69. The molecule has 0 aliphatic carbocycles. The van der Waals surface area contributed by atoms with E-state index in [0.717, 1.165) is 5.56 Å². The van der Waals surface area contributed by atoms with Gasteiger partial charge in [0.15, 0.2) is 5.69 Å². The molecule has 3 rings (SSSR count). The second kappa shape index (κ2) is 3.99. The number of aryl methyl sites for hydroxylation is 1. The summed E-state index contributed by atoms with van der Waals surface area (Å²) in [7, 11) is 1.79. The van der Waals surface area contributed by atoms with E-state index in [2.05, 4.69) is 15.3 Å². The van der Waals surface area contributed by atoms with Crippen molar-refractivity contribution in [3.05, 3.63) is 36.5 Å². The predicted octanol–water partition coefficient (Wildman–Crippen LogP) is 1.72. The first kappa shape index (κ1) is 10.5. The summed E-state index contributed by atoms with van der Waals surface area (Å²) in [5.74, 6) is 0.780. The minimum absolute atomic E-state index is 0.326. The first-order valence-corrected chi connectivity index (χ1v) is 5.42. The number of benzene rings is 1. The van der Waals surface area contributed by atoms with Crippen molar-refractivity contribution in [1.29, 1.82) is 0 Å². The fourth-order valence-corrected chi connectivity index (χ4v) is 1.69. The van der Waals surface area contributed by atoms with Crippen LogP contribution >= 0.6 is 0 Å². The molecular weight excluding hydrogens is 230 g/mol. The van der Waals surface area contributed by atoms with Gasteiger partial charge in [0.2, 0.25) is 5.89 Å². The molecule has 0 fully saturated rings. The molecule has 1 aromatic carbocycles. The van der Waals surface area contributed by atoms with Gasteiger partial charge in [0.25, 0.3) is 5.89 Å². The van der Waals surface area contributed by atoms with Crippen LogP contribution in [-0.4, -0.2) is 20.0 Å². The zero-order valence-corrected chi connectivity index (χ0v) is 9.74. The molecule has 0 atom stereocenters. The Morgan fingerprint density at radius 1 is 1.11 bits per heavy atom. The van der Waals surface area contributed by atoms with Gasteiger partial charge in [-0.1, -0.05) is 18.2 Å². The van der Waals surface area contributed by atoms with E-state index in [1.165, 1.54) is 0 Å². The second-order valence-electron chi connectivity index (χ2n) is 3.89. The van der Waals surface area contributed by atoms with Gasteiger partial charge in [0, 0.05) is 18.8 Å². The zero-order chi connectivity index (χ0) is 12.5. The first-order valence-electron chi connectivity index (χ1n) is 5.42. The quantitative estimate of drug-likeness (QED) is 0.738. The number of aromatic nitrogens is 4. The normalized spacial score (nSPS) is 10.7. The van der Waals surface area contributed by atoms with Crippen molar-refractivity contribution in [3.8, 4) is 23.0 Å². The first-order chi connectivity index (χ1) is 8.74. The molecule has 0 radical (unpaired) electrons. The Morgan fingerprint density at radius 2 is 1.83 bits per heavy atom. The van der Waals surface area contributed by atoms with Gasteiger partial charge in [-0.25, -0.2) is 0 Å². The second-order valence-corrected chi connectivity index (χ2v) is 3.89. The van der Waals surface area contributed by atoms with Crippen LogP contribution in [-0.2, 0) is 7.05 Å². The van der Waals surface area contributed by atoms with Gasteiger partial charge >= 0.3 is 0 Å². The van der Waals surface area contributed by atoms with E-state index >= 15 is 0 Å². The van der Waals surface area contributed by atoms with E-state index < -0.39 is 0 Å². The Bertz CT molecular complexity index is 671. The Kier molecular flexibility index (Phi) is 2.33. The van der Waals surface area contributed by atoms with Gasteiger partial charge in [0.05, 0.1) is 5.69 Å². The average Bonchev–Trinajstić information content (AvgIpc) is 2.97. The number of rotatable bonds is 2. The lowest BCUT2D eigenvalue weighted by molar-refractivity contribution is 0.580. The monoisotopic (exact) mass is 241 g/mol. The number of nitrogens with two attached hydrogens (primary N) is 1. The molecule has 0 bridgehead atoms. The van der Waals surface area contributed by atoms with Crippen molar-refractivity contribution >= 4 is 5.69 Å². The molecule has 6 nitrogen and oxygen atoms in total. The Balaban J connectivity index is 2.02. The third kappa shape index (κ3) is 1.73. The highest BCUT2D eigenvalue weighted by Gasteiger charge is 2.15. The molecule has 0 amide bonds. The third-order valence-electron chi connectivity index (χ3n) is 2.51. The van der Waals surface area contributed by atoms with E-state index in [0.29, 0.717) is 23.2 Å². The van der Waals surface area contributed by atoms with E-state index in [-0.39, 0.29) is 0 Å². The molecule has 0 spiro atoms. The summed E-state index contributed by atoms with van der Waals surface area (Å²) in [5, 5.41) is 12.1. The van der Waals surface area contributed by atoms with Crippen LogP contribution in [0.5, 0.6) is 0 Å². The molecule has 2 N–H and O–H groups in total. The Hall–Kier alpha value is -2.63. The predicted molar refractivity (Wildman–Crippen MR) is 66.3 cm³/mol. The summed E-state index contributed by atoms with van der Waals surface area (Å²) < 4.78 is 7.18. The molecule has 0 aliphatic heterocycles. The van der Waals surface area contributed by atoms with Crippen LogP contribution in [0.1, 0.15) is 0 Å². The highest BCUT2D eigenvalue weighted by Crippen LogP contribution is 2.25. The van der Waals surface area contributed by atoms with Gasteiger partial charge in [-0.05, 0) is 12.1 Å². The van der Waals surface area contributed by atoms with Crippen LogP contribution in [0.25, 0.3) is 23.0 Å². The van der Waals surface area contributed by atoms with Crippen LogP contribution in [0.3, 0.4) is 0 Å². The maximum Gasteiger partial charge on any atom is 0.270 e. The van der Waals surface area contributed by atoms with Crippen LogP contribution in [0.15, 0.2) is 40.9 Å². The Morgan fingerprint density at radius 3 is 2.50 bits per heavy atom. The lowest BCUT2D eigenvalue weighted by atomic mass is 10.2. The van der Waals surface area contributed by atoms with E-state index in [1.807, 2.05) is 30.3 Å². The number of anilines is 1. The van der Waals surface area contributed by atoms with Gasteiger partial charge in [0.1, 0.15) is 0 Å². The summed E-state index contributed by atoms with van der Waals surface area (Å²) in [4.78, 5) is 0. The van der Waals surface area contributed by atoms with Crippen molar-refractivity contribution in [2.75, 3.05) is 5.73 Å². The number of nitrogens with zero attached hydrogens (tertiary/aromatic N) is 4. The average molecular weight is 241 g/mol. The standard InChI is InChI=1S/C12H11N5O/c1-17-7-9(13)10(16-17)12-15-14-11(18-12)8-5-3-2-4-6-8/h2-7H,13H2,1H3. The highest BCUT2D eigenvalue weighted by atomic mass is 16.4. The molecule has 0 aliphatic rings. The van der Waals surface area contributed by atoms with E-state index in [1.54, 1.807) is 17.9 Å². The summed E-state index contributed by atoms with van der Waals surface area (Å²) in [6, 6.07) is 9.55. The minimum atomic E-state index is 0.326. The molecule has 0 saturated carbocycles. The van der Waals surface area contributed by atoms with Crippen LogP contribution in [0, 0.1) is 0 Å². The Labute approximate surface area is 103 Å². The molecule has 18 heavy (non-hydrogen) atoms. The van der Waals surface area contributed by atoms with Gasteiger partial charge < -0.3 is 10.2 Å². The molecule has 6 heteroatoms. The summed E-state index contributed by atoms with van der Waals surface area (Å²) in [5.41, 5.74) is 7.70. The van der Waals surface area contributed by atoms with Gasteiger partial charge in [-0.2, -0.15) is 5.10 Å². The molecule has 0 unspecified atom stereocenters. The van der Waals surface area contributed by atoms with Gasteiger partial charge in [-0.15, -0.1) is 10.2 Å². The minimum Gasteiger partial charge on any atom is -0.414 e. The number of nitrogen functional groups attached to an aromatic ring is 1. The fraction of sp³-hybridized carbons (Fsp3) is 0.0833. The third-order valence-corrected chi connectivity index (χ3v) is 2.51. The summed E-state index contributed by atoms with van der Waals surface area (Å²) in [6.45, 7) is 0. The van der Waals surface area contributed by atoms with Crippen molar-refractivity contribution in [3.63, 3.8) is 0 Å². The lowest BCUT2D eigenvalue weighted by Crippen LogP contribution is -1.88. The topological polar surface area (TPSA) is 82.8 Å². The maximum absolute atomic E-state index is 5.81. The maximum atomic E-state index is 5.81. The number of hydrogen-bond acceptors (Lipinski definition) is 5. The molecule has 2 aromatic heterocycles. The van der Waals surface area contributed by atoms with Crippen LogP contribution in [0.4, 0.5) is 5.69 Å². The van der Waals surface area contributed by atoms with Crippen molar-refractivity contribution in [2.24, 2.45) is 7.05 Å². The largest absolute Gasteiger partial charge is 0.414 e. The summed E-state index contributed by atoms with van der Waals surface area (Å²) >= 11 is 0. The van der Waals surface area contributed by atoms with Gasteiger partial charge in [-0.3, -0.25) is 4.68 Å². The molecule has 90 valence electrons. The highest BCUT2D eigenvalue weighted by molar-refractivity contribution is 5.66. The smallest absolute Gasteiger partial charge is 0.270 e. The molecule has 2 heterocycles. The van der Waals surface area contributed by atoms with Crippen molar-refractivity contribution in [2.45, 2.75) is 0 Å². The SMILES string of the molecule is Cn1cc(N)c(-c2nnc(-c3ccccc3)o2)n1. The van der Waals surface area contributed by atoms with Crippen LogP contribution in [0.2, 0.25) is 0 Å². The molecule has 3 aromatic rings. The number of hydrogen-bond donors (Lipinski definition) is 1. The van der Waals surface area contributed by atoms with E-state index in [4.69, 9.17) is 10.2 Å². The molecule has 0 saturated heterocycles. The molecular formula is C12H11N5O. The van der Waals surface area contributed by atoms with E-state index in [9.17, 15) is 0 Å². The van der Waals surface area contributed by atoms with Crippen LogP contribution < -0.4 is 5.73 Å². The van der Waals surface area contributed by atoms with Crippen molar-refractivity contribution in [1.82, 2.24) is 20.0 Å². The van der Waals surface area contributed by atoms with Crippen molar-refractivity contribution < 1.29 is 4.42 Å². The summed E-state index contributed by atoms with van der Waals surface area (Å²) in [6.07, 6.45) is 1.70.